The van der Waals surface area contributed by atoms with Crippen LogP contribution >= 0.6 is 11.6 Å². The maximum absolute atomic E-state index is 12.0. The lowest BCUT2D eigenvalue weighted by Crippen LogP contribution is -2.36. The van der Waals surface area contributed by atoms with Crippen molar-refractivity contribution in [1.29, 1.82) is 0 Å². The zero-order valence-electron chi connectivity index (χ0n) is 10.4. The molecule has 0 aromatic heterocycles. The predicted molar refractivity (Wildman–Crippen MR) is 74.2 cm³/mol. The van der Waals surface area contributed by atoms with E-state index in [-0.39, 0.29) is 16.5 Å². The van der Waals surface area contributed by atoms with Gasteiger partial charge in [0.05, 0.1) is 10.6 Å². The Morgan fingerprint density at radius 3 is 2.58 bits per heavy atom. The number of hydrogen-bond acceptors (Lipinski definition) is 3. The van der Waals surface area contributed by atoms with Gasteiger partial charge >= 0.3 is 0 Å². The molecular weight excluding hydrogens is 266 g/mol. The van der Waals surface area contributed by atoms with Crippen molar-refractivity contribution in [2.45, 2.75) is 6.92 Å². The lowest BCUT2D eigenvalue weighted by Gasteiger charge is -2.21. The zero-order chi connectivity index (χ0) is 14.0. The summed E-state index contributed by atoms with van der Waals surface area (Å²) in [6, 6.07) is 4.63. The van der Waals surface area contributed by atoms with Crippen molar-refractivity contribution in [3.05, 3.63) is 39.9 Å². The van der Waals surface area contributed by atoms with E-state index in [2.05, 4.69) is 10.6 Å². The number of carbonyl (C=O) groups excluding carboxylic acids is 2. The monoisotopic (exact) mass is 279 g/mol. The summed E-state index contributed by atoms with van der Waals surface area (Å²) >= 11 is 5.84. The summed E-state index contributed by atoms with van der Waals surface area (Å²) in [6.07, 6.45) is 0. The summed E-state index contributed by atoms with van der Waals surface area (Å²) < 4.78 is 0. The highest BCUT2D eigenvalue weighted by Gasteiger charge is 2.16. The van der Waals surface area contributed by atoms with E-state index >= 15 is 0 Å². The smallest absolute Gasteiger partial charge is 0.251 e. The van der Waals surface area contributed by atoms with Gasteiger partial charge < -0.3 is 16.4 Å². The van der Waals surface area contributed by atoms with Crippen LogP contribution in [0, 0.1) is 0 Å². The Kier molecular flexibility index (Phi) is 3.87. The molecule has 1 aromatic carbocycles. The number of primary amides is 1. The molecule has 6 heteroatoms. The van der Waals surface area contributed by atoms with E-state index in [1.165, 1.54) is 12.1 Å². The van der Waals surface area contributed by atoms with Crippen molar-refractivity contribution >= 4 is 29.1 Å². The fourth-order valence-electron chi connectivity index (χ4n) is 1.69. The molecule has 100 valence electrons. The SMILES string of the molecule is CC(C(=O)Nc1ccc(Cl)c(C(N)=O)c1)=C1CNC1. The first kappa shape index (κ1) is 13.6. The average Bonchev–Trinajstić information content (AvgIpc) is 2.28. The molecule has 1 heterocycles. The van der Waals surface area contributed by atoms with E-state index in [4.69, 9.17) is 17.3 Å². The quantitative estimate of drug-likeness (QED) is 0.729. The molecule has 1 aromatic rings. The van der Waals surface area contributed by atoms with Crippen LogP contribution in [0.3, 0.4) is 0 Å². The summed E-state index contributed by atoms with van der Waals surface area (Å²) in [5.41, 5.74) is 7.66. The maximum Gasteiger partial charge on any atom is 0.251 e. The Morgan fingerprint density at radius 1 is 1.37 bits per heavy atom. The van der Waals surface area contributed by atoms with Crippen LogP contribution in [0.15, 0.2) is 29.3 Å². The van der Waals surface area contributed by atoms with E-state index in [1.54, 1.807) is 13.0 Å². The molecule has 0 saturated carbocycles. The number of hydrogen-bond donors (Lipinski definition) is 3. The predicted octanol–water partition coefficient (Wildman–Crippen LogP) is 1.30. The number of nitrogens with two attached hydrogens (primary N) is 1. The Labute approximate surface area is 115 Å². The van der Waals surface area contributed by atoms with Crippen LogP contribution in [0.2, 0.25) is 5.02 Å². The van der Waals surface area contributed by atoms with Gasteiger partial charge in [-0.05, 0) is 30.7 Å². The highest BCUT2D eigenvalue weighted by Crippen LogP contribution is 2.21. The standard InChI is InChI=1S/C13H14ClN3O2/c1-7(8-5-16-6-8)13(19)17-9-2-3-11(14)10(4-9)12(15)18/h2-4,16H,5-6H2,1H3,(H2,15,18)(H,17,19). The molecule has 0 bridgehead atoms. The number of carbonyl (C=O) groups is 2. The third kappa shape index (κ3) is 2.94. The fourth-order valence-corrected chi connectivity index (χ4v) is 1.90. The van der Waals surface area contributed by atoms with Crippen molar-refractivity contribution < 1.29 is 9.59 Å². The van der Waals surface area contributed by atoms with Gasteiger partial charge in [-0.1, -0.05) is 11.6 Å². The van der Waals surface area contributed by atoms with Gasteiger partial charge in [-0.3, -0.25) is 9.59 Å². The molecule has 4 N–H and O–H groups in total. The number of nitrogens with one attached hydrogen (secondary N) is 2. The van der Waals surface area contributed by atoms with Crippen molar-refractivity contribution in [3.8, 4) is 0 Å². The van der Waals surface area contributed by atoms with Gasteiger partial charge in [0.15, 0.2) is 0 Å². The molecule has 1 aliphatic heterocycles. The number of anilines is 1. The summed E-state index contributed by atoms with van der Waals surface area (Å²) in [5, 5.41) is 6.07. The van der Waals surface area contributed by atoms with Crippen LogP contribution in [0.5, 0.6) is 0 Å². The second-order valence-corrected chi connectivity index (χ2v) is 4.75. The molecule has 2 rings (SSSR count). The van der Waals surface area contributed by atoms with Crippen LogP contribution in [0.1, 0.15) is 17.3 Å². The van der Waals surface area contributed by atoms with Crippen molar-refractivity contribution in [3.63, 3.8) is 0 Å². The normalized spacial score (nSPS) is 13.7. The van der Waals surface area contributed by atoms with Gasteiger partial charge in [0.2, 0.25) is 5.91 Å². The number of rotatable bonds is 3. The molecule has 1 aliphatic rings. The first-order chi connectivity index (χ1) is 8.99. The van der Waals surface area contributed by atoms with Crippen LogP contribution in [-0.2, 0) is 4.79 Å². The molecule has 5 nitrogen and oxygen atoms in total. The molecule has 0 spiro atoms. The largest absolute Gasteiger partial charge is 0.366 e. The second-order valence-electron chi connectivity index (χ2n) is 4.35. The van der Waals surface area contributed by atoms with E-state index in [0.717, 1.165) is 18.7 Å². The fraction of sp³-hybridized carbons (Fsp3) is 0.231. The Bertz CT molecular complexity index is 575. The van der Waals surface area contributed by atoms with Crippen LogP contribution in [-0.4, -0.2) is 24.9 Å². The van der Waals surface area contributed by atoms with E-state index in [0.29, 0.717) is 11.3 Å². The Balaban J connectivity index is 2.17. The summed E-state index contributed by atoms with van der Waals surface area (Å²) in [7, 11) is 0. The number of amides is 2. The number of halogens is 1. The molecule has 2 amide bonds. The molecule has 0 unspecified atom stereocenters. The van der Waals surface area contributed by atoms with Crippen LogP contribution in [0.4, 0.5) is 5.69 Å². The summed E-state index contributed by atoms with van der Waals surface area (Å²) in [4.78, 5) is 23.1. The highest BCUT2D eigenvalue weighted by molar-refractivity contribution is 6.34. The summed E-state index contributed by atoms with van der Waals surface area (Å²) in [5.74, 6) is -0.811. The summed E-state index contributed by atoms with van der Waals surface area (Å²) in [6.45, 7) is 3.26. The lowest BCUT2D eigenvalue weighted by atomic mass is 10.0. The van der Waals surface area contributed by atoms with Crippen molar-refractivity contribution in [2.75, 3.05) is 18.4 Å². The molecule has 1 saturated heterocycles. The van der Waals surface area contributed by atoms with Crippen molar-refractivity contribution in [1.82, 2.24) is 5.32 Å². The van der Waals surface area contributed by atoms with E-state index < -0.39 is 5.91 Å². The molecule has 0 aliphatic carbocycles. The van der Waals surface area contributed by atoms with E-state index in [1.807, 2.05) is 0 Å². The molecule has 1 fully saturated rings. The topological polar surface area (TPSA) is 84.2 Å². The maximum atomic E-state index is 12.0. The first-order valence-electron chi connectivity index (χ1n) is 5.79. The third-order valence-electron chi connectivity index (χ3n) is 3.04. The zero-order valence-corrected chi connectivity index (χ0v) is 11.2. The van der Waals surface area contributed by atoms with Gasteiger partial charge in [-0.15, -0.1) is 0 Å². The molecule has 0 radical (unpaired) electrons. The Hall–Kier alpha value is -1.85. The average molecular weight is 280 g/mol. The minimum Gasteiger partial charge on any atom is -0.366 e. The highest BCUT2D eigenvalue weighted by atomic mass is 35.5. The van der Waals surface area contributed by atoms with Gasteiger partial charge in [0, 0.05) is 24.4 Å². The lowest BCUT2D eigenvalue weighted by molar-refractivity contribution is -0.112. The number of benzene rings is 1. The van der Waals surface area contributed by atoms with Crippen LogP contribution < -0.4 is 16.4 Å². The van der Waals surface area contributed by atoms with Crippen LogP contribution in [0.25, 0.3) is 0 Å². The molecular formula is C13H14ClN3O2. The first-order valence-corrected chi connectivity index (χ1v) is 6.17. The minimum absolute atomic E-state index is 0.186. The minimum atomic E-state index is -0.626. The van der Waals surface area contributed by atoms with Gasteiger partial charge in [0.25, 0.3) is 5.91 Å². The second kappa shape index (κ2) is 5.42. The molecule has 19 heavy (non-hydrogen) atoms. The van der Waals surface area contributed by atoms with Crippen molar-refractivity contribution in [2.24, 2.45) is 5.73 Å². The Morgan fingerprint density at radius 2 is 2.05 bits per heavy atom. The van der Waals surface area contributed by atoms with Gasteiger partial charge in [-0.2, -0.15) is 0 Å². The molecule has 0 atom stereocenters. The third-order valence-corrected chi connectivity index (χ3v) is 3.37. The van der Waals surface area contributed by atoms with E-state index in [9.17, 15) is 9.59 Å². The van der Waals surface area contributed by atoms with Gasteiger partial charge in [-0.25, -0.2) is 0 Å². The van der Waals surface area contributed by atoms with Gasteiger partial charge in [0.1, 0.15) is 0 Å².